The quantitative estimate of drug-likeness (QED) is 0.418. The number of imide groups is 2. The largest absolute Gasteiger partial charge is 0.377 e. The third-order valence-electron chi connectivity index (χ3n) is 6.25. The van der Waals surface area contributed by atoms with E-state index < -0.39 is 34.2 Å². The van der Waals surface area contributed by atoms with Crippen molar-refractivity contribution < 1.29 is 24.0 Å². The number of halogens is 1. The minimum absolute atomic E-state index is 0.0955. The van der Waals surface area contributed by atoms with E-state index in [1.54, 1.807) is 6.07 Å². The van der Waals surface area contributed by atoms with Gasteiger partial charge in [-0.25, -0.2) is 9.69 Å². The summed E-state index contributed by atoms with van der Waals surface area (Å²) >= 11 is 5.94. The van der Waals surface area contributed by atoms with Gasteiger partial charge in [-0.1, -0.05) is 11.6 Å². The molecular weight excluding hydrogens is 440 g/mol. The molecule has 1 N–H and O–H groups in total. The van der Waals surface area contributed by atoms with Gasteiger partial charge >= 0.3 is 6.03 Å². The van der Waals surface area contributed by atoms with Crippen LogP contribution in [0.1, 0.15) is 5.56 Å². The molecule has 0 unspecified atom stereocenters. The second-order valence-corrected chi connectivity index (χ2v) is 8.32. The van der Waals surface area contributed by atoms with Gasteiger partial charge in [-0.05, 0) is 35.9 Å². The van der Waals surface area contributed by atoms with Crippen molar-refractivity contribution in [3.05, 3.63) is 63.2 Å². The van der Waals surface area contributed by atoms with E-state index in [0.29, 0.717) is 29.4 Å². The Bertz CT molecular complexity index is 1170. The van der Waals surface area contributed by atoms with E-state index >= 15 is 0 Å². The van der Waals surface area contributed by atoms with Gasteiger partial charge in [0, 0.05) is 35.8 Å². The molecule has 2 aromatic rings. The fourth-order valence-electron chi connectivity index (χ4n) is 4.75. The van der Waals surface area contributed by atoms with Crippen molar-refractivity contribution in [3.63, 3.8) is 0 Å². The topological polar surface area (TPSA) is 122 Å². The first-order chi connectivity index (χ1) is 15.3. The first-order valence-corrected chi connectivity index (χ1v) is 10.3. The van der Waals surface area contributed by atoms with Gasteiger partial charge in [-0.3, -0.25) is 25.0 Å². The Labute approximate surface area is 186 Å². The van der Waals surface area contributed by atoms with E-state index in [2.05, 4.69) is 5.32 Å². The maximum absolute atomic E-state index is 13.9. The molecule has 3 aliphatic rings. The zero-order chi connectivity index (χ0) is 22.6. The lowest BCUT2D eigenvalue weighted by molar-refractivity contribution is -0.384. The van der Waals surface area contributed by atoms with Crippen molar-refractivity contribution in [2.75, 3.05) is 29.6 Å². The number of carbonyl (C=O) groups excluding carboxylic acids is 3. The third kappa shape index (κ3) is 2.87. The van der Waals surface area contributed by atoms with Crippen molar-refractivity contribution in [1.82, 2.24) is 5.32 Å². The molecule has 5 rings (SSSR count). The Morgan fingerprint density at radius 1 is 1.16 bits per heavy atom. The molecule has 10 nitrogen and oxygen atoms in total. The smallest absolute Gasteiger partial charge is 0.335 e. The van der Waals surface area contributed by atoms with Crippen molar-refractivity contribution in [3.8, 4) is 0 Å². The van der Waals surface area contributed by atoms with Crippen LogP contribution in [-0.4, -0.2) is 48.6 Å². The summed E-state index contributed by atoms with van der Waals surface area (Å²) in [5.41, 5.74) is -0.371. The summed E-state index contributed by atoms with van der Waals surface area (Å²) in [6, 6.07) is 8.97. The van der Waals surface area contributed by atoms with Crippen LogP contribution in [-0.2, 0) is 20.7 Å². The Kier molecular flexibility index (Phi) is 4.64. The summed E-state index contributed by atoms with van der Waals surface area (Å²) < 4.78 is 5.62. The molecule has 11 heteroatoms. The molecule has 0 bridgehead atoms. The Morgan fingerprint density at radius 3 is 2.62 bits per heavy atom. The Balaban J connectivity index is 1.66. The number of nitro benzene ring substituents is 1. The number of rotatable bonds is 2. The molecule has 3 aliphatic heterocycles. The average Bonchev–Trinajstić information content (AvgIpc) is 2.78. The summed E-state index contributed by atoms with van der Waals surface area (Å²) in [5.74, 6) is -1.44. The van der Waals surface area contributed by atoms with Gasteiger partial charge in [-0.15, -0.1) is 0 Å². The van der Waals surface area contributed by atoms with Gasteiger partial charge in [-0.2, -0.15) is 0 Å². The van der Waals surface area contributed by atoms with E-state index in [-0.39, 0.29) is 24.4 Å². The van der Waals surface area contributed by atoms with Crippen molar-refractivity contribution >= 4 is 46.5 Å². The predicted octanol–water partition coefficient (Wildman–Crippen LogP) is 2.28. The van der Waals surface area contributed by atoms with Crippen molar-refractivity contribution in [1.29, 1.82) is 0 Å². The molecule has 0 saturated carbocycles. The standard InChI is InChI=1S/C21H17ClN4O6/c22-13-1-3-14(4-2-13)25-19(28)21(18(27)23-20(25)29)10-12-9-15(26(30)31)5-6-16(12)24-7-8-32-11-17(21)24/h1-6,9,17H,7-8,10-11H2,(H,23,27,29)/t17-,21+/m1/s1. The summed E-state index contributed by atoms with van der Waals surface area (Å²) in [4.78, 5) is 53.5. The average molecular weight is 457 g/mol. The molecule has 2 atom stereocenters. The molecule has 3 heterocycles. The molecule has 0 radical (unpaired) electrons. The molecule has 4 amide bonds. The minimum atomic E-state index is -1.70. The zero-order valence-corrected chi connectivity index (χ0v) is 17.4. The van der Waals surface area contributed by atoms with Gasteiger partial charge in [0.25, 0.3) is 11.6 Å². The van der Waals surface area contributed by atoms with Gasteiger partial charge in [0.15, 0.2) is 5.41 Å². The summed E-state index contributed by atoms with van der Waals surface area (Å²) in [7, 11) is 0. The number of anilines is 2. The molecule has 1 spiro atoms. The number of urea groups is 1. The van der Waals surface area contributed by atoms with Crippen LogP contribution in [0.5, 0.6) is 0 Å². The van der Waals surface area contributed by atoms with Gasteiger partial charge in [0.1, 0.15) is 0 Å². The zero-order valence-electron chi connectivity index (χ0n) is 16.6. The van der Waals surface area contributed by atoms with E-state index in [4.69, 9.17) is 16.3 Å². The molecule has 164 valence electrons. The molecule has 0 aromatic heterocycles. The number of benzene rings is 2. The van der Waals surface area contributed by atoms with E-state index in [0.717, 1.165) is 4.90 Å². The van der Waals surface area contributed by atoms with Crippen LogP contribution in [0.3, 0.4) is 0 Å². The number of fused-ring (bicyclic) bond motifs is 4. The first-order valence-electron chi connectivity index (χ1n) is 9.90. The molecule has 32 heavy (non-hydrogen) atoms. The van der Waals surface area contributed by atoms with Crippen LogP contribution in [0.15, 0.2) is 42.5 Å². The Morgan fingerprint density at radius 2 is 1.91 bits per heavy atom. The number of non-ortho nitro benzene ring substituents is 1. The predicted molar refractivity (Wildman–Crippen MR) is 114 cm³/mol. The number of ether oxygens (including phenoxy) is 1. The monoisotopic (exact) mass is 456 g/mol. The summed E-state index contributed by atoms with van der Waals surface area (Å²) in [6.45, 7) is 0.865. The minimum Gasteiger partial charge on any atom is -0.377 e. The fraction of sp³-hybridized carbons (Fsp3) is 0.286. The fourth-order valence-corrected chi connectivity index (χ4v) is 4.88. The highest BCUT2D eigenvalue weighted by atomic mass is 35.5. The van der Waals surface area contributed by atoms with Gasteiger partial charge in [0.2, 0.25) is 5.91 Å². The lowest BCUT2D eigenvalue weighted by atomic mass is 9.68. The van der Waals surface area contributed by atoms with Crippen molar-refractivity contribution in [2.45, 2.75) is 12.5 Å². The van der Waals surface area contributed by atoms with Crippen LogP contribution in [0.25, 0.3) is 0 Å². The molecule has 0 aliphatic carbocycles. The lowest BCUT2D eigenvalue weighted by Gasteiger charge is -2.53. The summed E-state index contributed by atoms with van der Waals surface area (Å²) in [6.07, 6.45) is -0.101. The van der Waals surface area contributed by atoms with Crippen molar-refractivity contribution in [2.24, 2.45) is 5.41 Å². The number of morpholine rings is 1. The second-order valence-electron chi connectivity index (χ2n) is 7.88. The number of hydrogen-bond donors (Lipinski definition) is 1. The highest BCUT2D eigenvalue weighted by molar-refractivity contribution is 6.32. The van der Waals surface area contributed by atoms with Crippen LogP contribution < -0.4 is 15.1 Å². The second kappa shape index (κ2) is 7.28. The number of nitro groups is 1. The highest BCUT2D eigenvalue weighted by Gasteiger charge is 2.63. The van der Waals surface area contributed by atoms with Gasteiger partial charge in [0.05, 0.1) is 29.9 Å². The number of amides is 4. The molecule has 2 saturated heterocycles. The maximum atomic E-state index is 13.9. The van der Waals surface area contributed by atoms with Gasteiger partial charge < -0.3 is 9.64 Å². The number of carbonyl (C=O) groups is 3. The lowest BCUT2D eigenvalue weighted by Crippen LogP contribution is -2.74. The van der Waals surface area contributed by atoms with Crippen LogP contribution in [0.4, 0.5) is 21.9 Å². The van der Waals surface area contributed by atoms with Crippen LogP contribution in [0.2, 0.25) is 5.02 Å². The SMILES string of the molecule is O=C1NC(=O)[C@@]2(Cc3cc([N+](=O)[O-])ccc3N3CCOC[C@@H]32)C(=O)N1c1ccc(Cl)cc1. The third-order valence-corrected chi connectivity index (χ3v) is 6.50. The normalized spacial score (nSPS) is 24.8. The number of barbiturate groups is 1. The summed E-state index contributed by atoms with van der Waals surface area (Å²) in [5, 5.41) is 14.1. The number of hydrogen-bond acceptors (Lipinski definition) is 7. The maximum Gasteiger partial charge on any atom is 0.335 e. The molecule has 2 fully saturated rings. The first kappa shape index (κ1) is 20.4. The van der Waals surface area contributed by atoms with E-state index in [1.165, 1.54) is 36.4 Å². The highest BCUT2D eigenvalue weighted by Crippen LogP contribution is 2.46. The molecule has 2 aromatic carbocycles. The number of nitrogens with zero attached hydrogens (tertiary/aromatic N) is 3. The molecular formula is C21H17ClN4O6. The Hall–Kier alpha value is -3.50. The van der Waals surface area contributed by atoms with E-state index in [1.807, 2.05) is 4.90 Å². The number of nitrogens with one attached hydrogen (secondary N) is 1. The van der Waals surface area contributed by atoms with Crippen LogP contribution >= 0.6 is 11.6 Å². The van der Waals surface area contributed by atoms with Crippen LogP contribution in [0, 0.1) is 15.5 Å². The van der Waals surface area contributed by atoms with E-state index in [9.17, 15) is 24.5 Å².